The van der Waals surface area contributed by atoms with Crippen LogP contribution in [-0.4, -0.2) is 14.7 Å². The van der Waals surface area contributed by atoms with Crippen molar-refractivity contribution in [1.29, 1.82) is 5.26 Å². The normalized spacial score (nSPS) is 10.1. The average Bonchev–Trinajstić information content (AvgIpc) is 2.59. The fourth-order valence-electron chi connectivity index (χ4n) is 1.46. The number of anilines is 1. The third kappa shape index (κ3) is 2.03. The van der Waals surface area contributed by atoms with Gasteiger partial charge in [0.1, 0.15) is 17.7 Å². The van der Waals surface area contributed by atoms with E-state index in [1.165, 1.54) is 16.7 Å². The summed E-state index contributed by atoms with van der Waals surface area (Å²) >= 11 is 0. The summed E-state index contributed by atoms with van der Waals surface area (Å²) in [4.78, 5) is 3.60. The quantitative estimate of drug-likeness (QED) is 0.815. The van der Waals surface area contributed by atoms with Gasteiger partial charge in [-0.05, 0) is 17.7 Å². The highest BCUT2D eigenvalue weighted by Crippen LogP contribution is 2.20. The fraction of sp³-hybridized carbons (Fsp3) is 0.0909. The number of nitrogens with two attached hydrogens (primary N) is 1. The predicted octanol–water partition coefficient (Wildman–Crippen LogP) is 1.23. The highest BCUT2D eigenvalue weighted by Gasteiger charge is 2.13. The van der Waals surface area contributed by atoms with Crippen LogP contribution in [0.1, 0.15) is 11.3 Å². The van der Waals surface area contributed by atoms with Gasteiger partial charge in [-0.2, -0.15) is 10.2 Å². The molecule has 2 aromatic rings. The van der Waals surface area contributed by atoms with Crippen LogP contribution in [0.4, 0.5) is 10.2 Å². The number of nitrogens with zero attached hydrogens (tertiary/aromatic N) is 3. The fourth-order valence-corrected chi connectivity index (χ4v) is 1.46. The number of imidazole rings is 1. The molecular formula is C11H9FN4O. The van der Waals surface area contributed by atoms with Gasteiger partial charge in [-0.1, -0.05) is 12.1 Å². The van der Waals surface area contributed by atoms with Gasteiger partial charge in [0.15, 0.2) is 5.69 Å². The zero-order valence-corrected chi connectivity index (χ0v) is 8.76. The highest BCUT2D eigenvalue weighted by atomic mass is 19.1. The summed E-state index contributed by atoms with van der Waals surface area (Å²) in [6.07, 6.45) is 0. The minimum Gasteiger partial charge on any atom is -0.480 e. The maximum atomic E-state index is 12.7. The van der Waals surface area contributed by atoms with E-state index in [1.807, 2.05) is 0 Å². The largest absolute Gasteiger partial charge is 0.480 e. The minimum absolute atomic E-state index is 0.0235. The summed E-state index contributed by atoms with van der Waals surface area (Å²) in [5.74, 6) is -0.247. The molecule has 0 amide bonds. The Labute approximate surface area is 96.5 Å². The summed E-state index contributed by atoms with van der Waals surface area (Å²) in [7, 11) is 0. The topological polar surface area (TPSA) is 87.9 Å². The third-order valence-electron chi connectivity index (χ3n) is 2.35. The van der Waals surface area contributed by atoms with Crippen LogP contribution < -0.4 is 5.73 Å². The van der Waals surface area contributed by atoms with Crippen LogP contribution in [0.2, 0.25) is 0 Å². The van der Waals surface area contributed by atoms with Gasteiger partial charge in [-0.25, -0.2) is 4.39 Å². The molecule has 0 aliphatic carbocycles. The number of rotatable bonds is 2. The molecular weight excluding hydrogens is 223 g/mol. The second-order valence-corrected chi connectivity index (χ2v) is 3.47. The second kappa shape index (κ2) is 4.14. The standard InChI is InChI=1S/C11H9FN4O/c12-8-3-1-7(2-4-8)6-16-10(14)9(5-13)15-11(16)17/h1-4H,6,14H2,(H,15,17). The van der Waals surface area contributed by atoms with Gasteiger partial charge in [0.2, 0.25) is 0 Å². The van der Waals surface area contributed by atoms with E-state index in [1.54, 1.807) is 18.2 Å². The Bertz CT molecular complexity index is 583. The average molecular weight is 232 g/mol. The first-order valence-electron chi connectivity index (χ1n) is 4.81. The zero-order valence-electron chi connectivity index (χ0n) is 8.76. The Hall–Kier alpha value is -2.55. The van der Waals surface area contributed by atoms with Gasteiger partial charge in [-0.3, -0.25) is 4.57 Å². The van der Waals surface area contributed by atoms with E-state index < -0.39 is 0 Å². The highest BCUT2D eigenvalue weighted by molar-refractivity contribution is 5.47. The van der Waals surface area contributed by atoms with Crippen molar-refractivity contribution in [3.8, 4) is 12.1 Å². The maximum absolute atomic E-state index is 12.7. The molecule has 0 fully saturated rings. The SMILES string of the molecule is N#Cc1nc(O)n(Cc2ccc(F)cc2)c1N. The van der Waals surface area contributed by atoms with E-state index >= 15 is 0 Å². The van der Waals surface area contributed by atoms with E-state index in [2.05, 4.69) is 4.98 Å². The van der Waals surface area contributed by atoms with Crippen LogP contribution in [0.5, 0.6) is 6.01 Å². The Morgan fingerprint density at radius 1 is 1.41 bits per heavy atom. The van der Waals surface area contributed by atoms with Crippen LogP contribution in [0.25, 0.3) is 0 Å². The van der Waals surface area contributed by atoms with Gasteiger partial charge in [0.05, 0.1) is 6.54 Å². The molecule has 0 bridgehead atoms. The maximum Gasteiger partial charge on any atom is 0.297 e. The van der Waals surface area contributed by atoms with E-state index in [0.29, 0.717) is 0 Å². The van der Waals surface area contributed by atoms with Crippen molar-refractivity contribution in [2.24, 2.45) is 0 Å². The number of aromatic hydroxyl groups is 1. The number of aromatic nitrogens is 2. The molecule has 0 saturated carbocycles. The number of halogens is 1. The van der Waals surface area contributed by atoms with E-state index in [0.717, 1.165) is 5.56 Å². The Balaban J connectivity index is 2.33. The van der Waals surface area contributed by atoms with Crippen molar-refractivity contribution in [2.75, 3.05) is 5.73 Å². The number of nitriles is 1. The molecule has 5 nitrogen and oxygen atoms in total. The van der Waals surface area contributed by atoms with E-state index in [9.17, 15) is 9.50 Å². The Morgan fingerprint density at radius 2 is 2.06 bits per heavy atom. The Kier molecular flexibility index (Phi) is 2.66. The van der Waals surface area contributed by atoms with Crippen molar-refractivity contribution in [1.82, 2.24) is 9.55 Å². The van der Waals surface area contributed by atoms with Gasteiger partial charge < -0.3 is 10.8 Å². The molecule has 6 heteroatoms. The van der Waals surface area contributed by atoms with Gasteiger partial charge in [-0.15, -0.1) is 0 Å². The molecule has 3 N–H and O–H groups in total. The molecule has 0 radical (unpaired) electrons. The molecule has 0 atom stereocenters. The molecule has 0 aliphatic heterocycles. The molecule has 0 saturated heterocycles. The minimum atomic E-state index is -0.339. The molecule has 1 aromatic carbocycles. The summed E-state index contributed by atoms with van der Waals surface area (Å²) in [5.41, 5.74) is 6.36. The molecule has 86 valence electrons. The number of hydrogen-bond donors (Lipinski definition) is 2. The van der Waals surface area contributed by atoms with Crippen molar-refractivity contribution in [3.63, 3.8) is 0 Å². The first-order valence-corrected chi connectivity index (χ1v) is 4.81. The van der Waals surface area contributed by atoms with Crippen LogP contribution in [-0.2, 0) is 6.54 Å². The molecule has 1 aromatic heterocycles. The molecule has 17 heavy (non-hydrogen) atoms. The summed E-state index contributed by atoms with van der Waals surface area (Å²) < 4.78 is 14.0. The van der Waals surface area contributed by atoms with Crippen LogP contribution in [0, 0.1) is 17.1 Å². The monoisotopic (exact) mass is 232 g/mol. The van der Waals surface area contributed by atoms with Crippen LogP contribution in [0.15, 0.2) is 24.3 Å². The number of benzene rings is 1. The van der Waals surface area contributed by atoms with Crippen molar-refractivity contribution >= 4 is 5.82 Å². The van der Waals surface area contributed by atoms with Gasteiger partial charge >= 0.3 is 0 Å². The molecule has 0 unspecified atom stereocenters. The van der Waals surface area contributed by atoms with E-state index in [4.69, 9.17) is 11.0 Å². The molecule has 0 aliphatic rings. The molecule has 0 spiro atoms. The van der Waals surface area contributed by atoms with Crippen molar-refractivity contribution in [3.05, 3.63) is 41.3 Å². The molecule has 2 rings (SSSR count). The first-order chi connectivity index (χ1) is 8.11. The summed E-state index contributed by atoms with van der Waals surface area (Å²) in [6, 6.07) is 7.20. The molecule has 1 heterocycles. The zero-order chi connectivity index (χ0) is 12.4. The second-order valence-electron chi connectivity index (χ2n) is 3.47. The predicted molar refractivity (Wildman–Crippen MR) is 58.5 cm³/mol. The smallest absolute Gasteiger partial charge is 0.297 e. The van der Waals surface area contributed by atoms with Crippen molar-refractivity contribution in [2.45, 2.75) is 6.54 Å². The number of hydrogen-bond acceptors (Lipinski definition) is 4. The van der Waals surface area contributed by atoms with Gasteiger partial charge in [0.25, 0.3) is 6.01 Å². The summed E-state index contributed by atoms with van der Waals surface area (Å²) in [6.45, 7) is 0.229. The van der Waals surface area contributed by atoms with Crippen LogP contribution in [0.3, 0.4) is 0 Å². The van der Waals surface area contributed by atoms with Crippen LogP contribution >= 0.6 is 0 Å². The first kappa shape index (κ1) is 11.0. The lowest BCUT2D eigenvalue weighted by atomic mass is 10.2. The Morgan fingerprint density at radius 3 is 2.59 bits per heavy atom. The lowest BCUT2D eigenvalue weighted by molar-refractivity contribution is 0.406. The third-order valence-corrected chi connectivity index (χ3v) is 2.35. The lowest BCUT2D eigenvalue weighted by Crippen LogP contribution is -2.04. The van der Waals surface area contributed by atoms with Gasteiger partial charge in [0, 0.05) is 0 Å². The van der Waals surface area contributed by atoms with E-state index in [-0.39, 0.29) is 29.9 Å². The lowest BCUT2D eigenvalue weighted by Gasteiger charge is -2.05. The van der Waals surface area contributed by atoms with Crippen molar-refractivity contribution < 1.29 is 9.50 Å². The number of nitrogen functional groups attached to an aromatic ring is 1. The summed E-state index contributed by atoms with van der Waals surface area (Å²) in [5, 5.41) is 18.2.